The maximum absolute atomic E-state index is 5.40. The van der Waals surface area contributed by atoms with Gasteiger partial charge in [0.1, 0.15) is 0 Å². The number of hydrogen-bond acceptors (Lipinski definition) is 1. The lowest BCUT2D eigenvalue weighted by atomic mass is 9.73. The molecule has 0 radical (unpaired) electrons. The Hall–Kier alpha value is -4.49. The van der Waals surface area contributed by atoms with Gasteiger partial charge in [0.25, 0.3) is 0 Å². The molecule has 0 aliphatic heterocycles. The van der Waals surface area contributed by atoms with Crippen LogP contribution in [0.5, 0.6) is 0 Å². The van der Waals surface area contributed by atoms with E-state index in [0.29, 0.717) is 11.8 Å². The van der Waals surface area contributed by atoms with Crippen molar-refractivity contribution < 1.29 is 0 Å². The predicted molar refractivity (Wildman–Crippen MR) is 188 cm³/mol. The summed E-state index contributed by atoms with van der Waals surface area (Å²) in [5.41, 5.74) is 18.4. The zero-order valence-electron chi connectivity index (χ0n) is 27.1. The highest BCUT2D eigenvalue weighted by molar-refractivity contribution is 5.86. The quantitative estimate of drug-likeness (QED) is 0.202. The molecule has 1 aromatic heterocycles. The van der Waals surface area contributed by atoms with Crippen molar-refractivity contribution in [1.29, 1.82) is 0 Å². The van der Waals surface area contributed by atoms with Crippen molar-refractivity contribution in [1.82, 2.24) is 4.98 Å². The van der Waals surface area contributed by atoms with Gasteiger partial charge in [0, 0.05) is 22.3 Å². The summed E-state index contributed by atoms with van der Waals surface area (Å²) in [4.78, 5) is 5.40. The number of benzene rings is 4. The van der Waals surface area contributed by atoms with Gasteiger partial charge in [0.05, 0.1) is 11.4 Å². The Balaban J connectivity index is 1.09. The predicted octanol–water partition coefficient (Wildman–Crippen LogP) is 11.0. The third kappa shape index (κ3) is 3.53. The van der Waals surface area contributed by atoms with E-state index < -0.39 is 0 Å². The second-order valence-corrected chi connectivity index (χ2v) is 15.3. The molecule has 0 saturated heterocycles. The molecule has 4 aliphatic rings. The normalized spacial score (nSPS) is 21.7. The van der Waals surface area contributed by atoms with Crippen LogP contribution in [0.2, 0.25) is 0 Å². The van der Waals surface area contributed by atoms with Crippen LogP contribution in [0.1, 0.15) is 86.5 Å². The summed E-state index contributed by atoms with van der Waals surface area (Å²) in [6, 6.07) is 36.6. The standard InChI is InChI=1S/C44H39N/c1-42(2)34-13-9-7-11-29(34)31-18-15-26(23-37(31)42)27-16-20-33-39(24-27)44(5,6)36-21-22-40(45-41(33)36)28-17-19-32-30-12-8-10-14-35(30)43(3,4)38(32)25-28/h7-25,32,38H,1-6H3. The summed E-state index contributed by atoms with van der Waals surface area (Å²) in [6.45, 7) is 14.2. The maximum Gasteiger partial charge on any atom is 0.0753 e. The van der Waals surface area contributed by atoms with Crippen LogP contribution in [0.25, 0.3) is 39.1 Å². The van der Waals surface area contributed by atoms with Crippen LogP contribution >= 0.6 is 0 Å². The maximum atomic E-state index is 5.40. The van der Waals surface area contributed by atoms with E-state index in [1.807, 2.05) is 0 Å². The number of rotatable bonds is 2. The summed E-state index contributed by atoms with van der Waals surface area (Å²) in [5, 5.41) is 0. The fourth-order valence-electron chi connectivity index (χ4n) is 9.16. The van der Waals surface area contributed by atoms with Crippen LogP contribution in [0, 0.1) is 5.92 Å². The summed E-state index contributed by atoms with van der Waals surface area (Å²) in [7, 11) is 0. The summed E-state index contributed by atoms with van der Waals surface area (Å²) < 4.78 is 0. The Morgan fingerprint density at radius 1 is 0.556 bits per heavy atom. The van der Waals surface area contributed by atoms with Gasteiger partial charge >= 0.3 is 0 Å². The third-order valence-electron chi connectivity index (χ3n) is 11.8. The molecule has 4 aromatic carbocycles. The van der Waals surface area contributed by atoms with E-state index in [9.17, 15) is 0 Å². The molecule has 0 N–H and O–H groups in total. The molecule has 1 nitrogen and oxygen atoms in total. The molecule has 220 valence electrons. The second kappa shape index (κ2) is 8.82. The van der Waals surface area contributed by atoms with E-state index in [4.69, 9.17) is 4.98 Å². The van der Waals surface area contributed by atoms with Gasteiger partial charge in [-0.1, -0.05) is 139 Å². The van der Waals surface area contributed by atoms with Crippen LogP contribution < -0.4 is 0 Å². The molecule has 0 amide bonds. The van der Waals surface area contributed by atoms with Crippen molar-refractivity contribution in [2.45, 2.75) is 63.7 Å². The van der Waals surface area contributed by atoms with E-state index in [0.717, 1.165) is 11.4 Å². The molecule has 0 saturated carbocycles. The molecule has 45 heavy (non-hydrogen) atoms. The minimum atomic E-state index is -0.116. The lowest BCUT2D eigenvalue weighted by Crippen LogP contribution is -2.25. The molecule has 1 heteroatoms. The SMILES string of the molecule is CC1(C)c2ccccc2-c2ccc(-c3ccc4c(c3)C(C)(C)c3ccc(C5=CC6C(C=C5)c5ccccc5C6(C)C)nc3-4)cc21. The first-order chi connectivity index (χ1) is 21.6. The van der Waals surface area contributed by atoms with Gasteiger partial charge in [-0.3, -0.25) is 0 Å². The highest BCUT2D eigenvalue weighted by atomic mass is 14.7. The van der Waals surface area contributed by atoms with Crippen molar-refractivity contribution in [3.63, 3.8) is 0 Å². The molecule has 1 heterocycles. The minimum Gasteiger partial charge on any atom is -0.247 e. The van der Waals surface area contributed by atoms with Crippen molar-refractivity contribution in [2.24, 2.45) is 5.92 Å². The Morgan fingerprint density at radius 3 is 1.96 bits per heavy atom. The van der Waals surface area contributed by atoms with Gasteiger partial charge < -0.3 is 0 Å². The highest BCUT2D eigenvalue weighted by Crippen LogP contribution is 2.55. The molecule has 0 spiro atoms. The summed E-state index contributed by atoms with van der Waals surface area (Å²) in [6.07, 6.45) is 7.23. The van der Waals surface area contributed by atoms with Crippen LogP contribution in [0.15, 0.2) is 115 Å². The average Bonchev–Trinajstić information content (AvgIpc) is 3.53. The Morgan fingerprint density at radius 2 is 1.18 bits per heavy atom. The second-order valence-electron chi connectivity index (χ2n) is 15.3. The molecule has 0 bridgehead atoms. The monoisotopic (exact) mass is 581 g/mol. The lowest BCUT2D eigenvalue weighted by Gasteiger charge is -2.31. The topological polar surface area (TPSA) is 12.9 Å². The molecular weight excluding hydrogens is 542 g/mol. The largest absolute Gasteiger partial charge is 0.247 e. The summed E-state index contributed by atoms with van der Waals surface area (Å²) >= 11 is 0. The number of nitrogens with zero attached hydrogens (tertiary/aromatic N) is 1. The van der Waals surface area contributed by atoms with E-state index in [-0.39, 0.29) is 16.2 Å². The molecule has 0 fully saturated rings. The first-order valence-electron chi connectivity index (χ1n) is 16.5. The fourth-order valence-corrected chi connectivity index (χ4v) is 9.16. The molecule has 9 rings (SSSR count). The number of aromatic nitrogens is 1. The average molecular weight is 582 g/mol. The minimum absolute atomic E-state index is 0.00669. The highest BCUT2D eigenvalue weighted by Gasteiger charge is 2.45. The van der Waals surface area contributed by atoms with E-state index in [2.05, 4.69) is 157 Å². The number of hydrogen-bond donors (Lipinski definition) is 0. The smallest absolute Gasteiger partial charge is 0.0753 e. The Kier molecular flexibility index (Phi) is 5.27. The molecule has 2 unspecified atom stereocenters. The van der Waals surface area contributed by atoms with Gasteiger partial charge in [-0.15, -0.1) is 0 Å². The zero-order valence-corrected chi connectivity index (χ0v) is 27.1. The van der Waals surface area contributed by atoms with Crippen LogP contribution in [-0.2, 0) is 16.2 Å². The van der Waals surface area contributed by atoms with Gasteiger partial charge in [-0.2, -0.15) is 0 Å². The first kappa shape index (κ1) is 26.9. The van der Waals surface area contributed by atoms with Crippen molar-refractivity contribution in [2.75, 3.05) is 0 Å². The zero-order chi connectivity index (χ0) is 30.9. The number of fused-ring (bicyclic) bond motifs is 9. The van der Waals surface area contributed by atoms with Crippen LogP contribution in [0.4, 0.5) is 0 Å². The summed E-state index contributed by atoms with van der Waals surface area (Å²) in [5.74, 6) is 0.868. The van der Waals surface area contributed by atoms with Crippen LogP contribution in [-0.4, -0.2) is 4.98 Å². The number of pyridine rings is 1. The molecular formula is C44H39N. The number of allylic oxidation sites excluding steroid dienone is 4. The lowest BCUT2D eigenvalue weighted by molar-refractivity contribution is 0.395. The van der Waals surface area contributed by atoms with Crippen molar-refractivity contribution in [3.8, 4) is 33.5 Å². The van der Waals surface area contributed by atoms with Gasteiger partial charge in [0.2, 0.25) is 0 Å². The van der Waals surface area contributed by atoms with Gasteiger partial charge in [-0.25, -0.2) is 4.98 Å². The third-order valence-corrected chi connectivity index (χ3v) is 11.8. The van der Waals surface area contributed by atoms with E-state index in [1.54, 1.807) is 0 Å². The van der Waals surface area contributed by atoms with Gasteiger partial charge in [-0.05, 0) is 90.7 Å². The van der Waals surface area contributed by atoms with E-state index in [1.165, 1.54) is 66.8 Å². The molecule has 2 atom stereocenters. The van der Waals surface area contributed by atoms with Crippen LogP contribution in [0.3, 0.4) is 0 Å². The Bertz CT molecular complexity index is 2150. The van der Waals surface area contributed by atoms with Crippen molar-refractivity contribution in [3.05, 3.63) is 154 Å². The van der Waals surface area contributed by atoms with E-state index >= 15 is 0 Å². The van der Waals surface area contributed by atoms with Crippen molar-refractivity contribution >= 4 is 5.57 Å². The molecule has 5 aromatic rings. The first-order valence-corrected chi connectivity index (χ1v) is 16.5. The Labute approximate surface area is 267 Å². The fraction of sp³-hybridized carbons (Fsp3) is 0.250. The molecule has 4 aliphatic carbocycles. The van der Waals surface area contributed by atoms with Gasteiger partial charge in [0.15, 0.2) is 0 Å².